The van der Waals surface area contributed by atoms with Gasteiger partial charge in [-0.05, 0) is 37.1 Å². The second-order valence-corrected chi connectivity index (χ2v) is 8.13. The zero-order chi connectivity index (χ0) is 18.9. The Bertz CT molecular complexity index is 958. The Kier molecular flexibility index (Phi) is 4.56. The highest BCUT2D eigenvalue weighted by Crippen LogP contribution is 2.28. The predicted molar refractivity (Wildman–Crippen MR) is 111 cm³/mol. The third-order valence-corrected chi connectivity index (χ3v) is 6.46. The summed E-state index contributed by atoms with van der Waals surface area (Å²) in [5.41, 5.74) is 1.66. The van der Waals surface area contributed by atoms with Crippen molar-refractivity contribution in [1.29, 1.82) is 0 Å². The molecule has 0 N–H and O–H groups in total. The molecule has 144 valence electrons. The number of hydrogen-bond donors (Lipinski definition) is 0. The highest BCUT2D eigenvalue weighted by atomic mass is 32.1. The van der Waals surface area contributed by atoms with E-state index in [0.29, 0.717) is 13.1 Å². The summed E-state index contributed by atoms with van der Waals surface area (Å²) in [6.45, 7) is 4.91. The second kappa shape index (κ2) is 7.35. The van der Waals surface area contributed by atoms with Crippen LogP contribution in [0, 0.1) is 0 Å². The Hall–Kier alpha value is -2.74. The van der Waals surface area contributed by atoms with Gasteiger partial charge in [-0.15, -0.1) is 0 Å². The van der Waals surface area contributed by atoms with Gasteiger partial charge in [0.1, 0.15) is 16.2 Å². The number of aromatic nitrogens is 3. The maximum absolute atomic E-state index is 13.2. The number of pyridine rings is 2. The molecule has 7 nitrogen and oxygen atoms in total. The molecule has 0 spiro atoms. The fourth-order valence-corrected chi connectivity index (χ4v) is 4.87. The van der Waals surface area contributed by atoms with Crippen molar-refractivity contribution in [3.63, 3.8) is 0 Å². The van der Waals surface area contributed by atoms with Crippen molar-refractivity contribution in [2.75, 3.05) is 49.1 Å². The molecule has 2 aliphatic rings. The zero-order valence-corrected chi connectivity index (χ0v) is 16.4. The van der Waals surface area contributed by atoms with Crippen LogP contribution in [0.15, 0.2) is 36.7 Å². The van der Waals surface area contributed by atoms with Crippen LogP contribution >= 0.6 is 11.3 Å². The molecule has 0 radical (unpaired) electrons. The lowest BCUT2D eigenvalue weighted by Gasteiger charge is -2.35. The lowest BCUT2D eigenvalue weighted by molar-refractivity contribution is 0.0747. The summed E-state index contributed by atoms with van der Waals surface area (Å²) < 4.78 is 0. The van der Waals surface area contributed by atoms with Crippen molar-refractivity contribution in [2.45, 2.75) is 12.8 Å². The maximum Gasteiger partial charge on any atom is 0.257 e. The first-order valence-corrected chi connectivity index (χ1v) is 10.6. The highest BCUT2D eigenvalue weighted by Gasteiger charge is 2.27. The maximum atomic E-state index is 13.2. The van der Waals surface area contributed by atoms with Crippen molar-refractivity contribution < 1.29 is 4.79 Å². The van der Waals surface area contributed by atoms with Crippen molar-refractivity contribution in [1.82, 2.24) is 19.9 Å². The van der Waals surface area contributed by atoms with E-state index in [-0.39, 0.29) is 5.91 Å². The Morgan fingerprint density at radius 3 is 2.43 bits per heavy atom. The minimum atomic E-state index is 0.0839. The average Bonchev–Trinajstić information content (AvgIpc) is 3.43. The van der Waals surface area contributed by atoms with Crippen LogP contribution in [0.2, 0.25) is 0 Å². The summed E-state index contributed by atoms with van der Waals surface area (Å²) in [5, 5.41) is 0.986. The molecule has 0 aromatic carbocycles. The number of carbonyl (C=O) groups excluding carboxylic acids is 1. The topological polar surface area (TPSA) is 65.5 Å². The Morgan fingerprint density at radius 2 is 1.64 bits per heavy atom. The van der Waals surface area contributed by atoms with Crippen LogP contribution in [-0.4, -0.2) is 65.0 Å². The summed E-state index contributed by atoms with van der Waals surface area (Å²) in [7, 11) is 0. The second-order valence-electron chi connectivity index (χ2n) is 7.17. The highest BCUT2D eigenvalue weighted by molar-refractivity contribution is 7.21. The van der Waals surface area contributed by atoms with E-state index in [2.05, 4.69) is 19.8 Å². The van der Waals surface area contributed by atoms with Gasteiger partial charge in [0.15, 0.2) is 5.13 Å². The first-order chi connectivity index (χ1) is 13.8. The molecule has 0 aliphatic carbocycles. The lowest BCUT2D eigenvalue weighted by atomic mass is 10.2. The zero-order valence-electron chi connectivity index (χ0n) is 15.6. The van der Waals surface area contributed by atoms with Gasteiger partial charge >= 0.3 is 0 Å². The fourth-order valence-electron chi connectivity index (χ4n) is 3.91. The number of thiazole rings is 1. The molecule has 8 heteroatoms. The third kappa shape index (κ3) is 3.17. The van der Waals surface area contributed by atoms with E-state index < -0.39 is 0 Å². The van der Waals surface area contributed by atoms with E-state index in [1.807, 2.05) is 29.2 Å². The van der Waals surface area contributed by atoms with Crippen molar-refractivity contribution in [2.24, 2.45) is 0 Å². The largest absolute Gasteiger partial charge is 0.356 e. The van der Waals surface area contributed by atoms with Crippen LogP contribution in [0.4, 0.5) is 10.9 Å². The first kappa shape index (κ1) is 17.4. The monoisotopic (exact) mass is 394 g/mol. The molecule has 5 rings (SSSR count). The van der Waals surface area contributed by atoms with Gasteiger partial charge < -0.3 is 14.7 Å². The molecule has 2 saturated heterocycles. The molecule has 0 atom stereocenters. The van der Waals surface area contributed by atoms with Gasteiger partial charge in [-0.2, -0.15) is 0 Å². The number of amides is 1. The standard InChI is InChI=1S/C20H22N6OS/c27-19(15-5-3-7-21-17(15)24-9-1-2-10-24)25-11-13-26(14-12-25)20-23-16-6-4-8-22-18(16)28-20/h3-8H,1-2,9-14H2. The van der Waals surface area contributed by atoms with Crippen LogP contribution in [0.25, 0.3) is 10.3 Å². The Morgan fingerprint density at radius 1 is 0.893 bits per heavy atom. The molecule has 1 amide bonds. The summed E-state index contributed by atoms with van der Waals surface area (Å²) in [5.74, 6) is 0.922. The van der Waals surface area contributed by atoms with Crippen molar-refractivity contribution in [3.8, 4) is 0 Å². The number of carbonyl (C=O) groups is 1. The van der Waals surface area contributed by atoms with Gasteiger partial charge in [-0.25, -0.2) is 15.0 Å². The van der Waals surface area contributed by atoms with Gasteiger partial charge in [-0.1, -0.05) is 11.3 Å². The third-order valence-electron chi connectivity index (χ3n) is 5.42. The Balaban J connectivity index is 1.30. The van der Waals surface area contributed by atoms with E-state index >= 15 is 0 Å². The van der Waals surface area contributed by atoms with Gasteiger partial charge in [0, 0.05) is 51.7 Å². The van der Waals surface area contributed by atoms with Gasteiger partial charge in [-0.3, -0.25) is 4.79 Å². The predicted octanol–water partition coefficient (Wildman–Crippen LogP) is 2.65. The van der Waals surface area contributed by atoms with Crippen LogP contribution in [0.3, 0.4) is 0 Å². The SMILES string of the molecule is O=C(c1cccnc1N1CCCC1)N1CCN(c2nc3cccnc3s2)CC1. The summed E-state index contributed by atoms with van der Waals surface area (Å²) in [4.78, 5) is 34.2. The molecule has 3 aromatic rings. The van der Waals surface area contributed by atoms with Gasteiger partial charge in [0.05, 0.1) is 5.56 Å². The Labute approximate surface area is 167 Å². The smallest absolute Gasteiger partial charge is 0.257 e. The molecule has 2 aliphatic heterocycles. The average molecular weight is 395 g/mol. The van der Waals surface area contributed by atoms with E-state index in [1.54, 1.807) is 23.7 Å². The van der Waals surface area contributed by atoms with E-state index in [0.717, 1.165) is 53.0 Å². The van der Waals surface area contributed by atoms with Crippen molar-refractivity contribution >= 4 is 38.5 Å². The van der Waals surface area contributed by atoms with Crippen LogP contribution in [0.5, 0.6) is 0 Å². The minimum Gasteiger partial charge on any atom is -0.356 e. The van der Waals surface area contributed by atoms with Gasteiger partial charge in [0.2, 0.25) is 0 Å². The molecule has 0 saturated carbocycles. The minimum absolute atomic E-state index is 0.0839. The first-order valence-electron chi connectivity index (χ1n) is 9.75. The summed E-state index contributed by atoms with van der Waals surface area (Å²) in [6.07, 6.45) is 5.91. The fraction of sp³-hybridized carbons (Fsp3) is 0.400. The number of fused-ring (bicyclic) bond motifs is 1. The lowest BCUT2D eigenvalue weighted by Crippen LogP contribution is -2.49. The summed E-state index contributed by atoms with van der Waals surface area (Å²) >= 11 is 1.61. The molecule has 0 unspecified atom stereocenters. The number of anilines is 2. The van der Waals surface area contributed by atoms with Crippen LogP contribution in [0.1, 0.15) is 23.2 Å². The molecule has 0 bridgehead atoms. The number of piperazine rings is 1. The number of rotatable bonds is 3. The van der Waals surface area contributed by atoms with Crippen LogP contribution < -0.4 is 9.80 Å². The molecule has 5 heterocycles. The van der Waals surface area contributed by atoms with Crippen LogP contribution in [-0.2, 0) is 0 Å². The normalized spacial score (nSPS) is 17.5. The molecule has 3 aromatic heterocycles. The van der Waals surface area contributed by atoms with E-state index in [4.69, 9.17) is 4.98 Å². The molecular formula is C20H22N6OS. The van der Waals surface area contributed by atoms with E-state index in [1.165, 1.54) is 12.8 Å². The van der Waals surface area contributed by atoms with Gasteiger partial charge in [0.25, 0.3) is 5.91 Å². The molecular weight excluding hydrogens is 372 g/mol. The quantitative estimate of drug-likeness (QED) is 0.680. The number of nitrogens with zero attached hydrogens (tertiary/aromatic N) is 6. The number of hydrogen-bond acceptors (Lipinski definition) is 7. The summed E-state index contributed by atoms with van der Waals surface area (Å²) in [6, 6.07) is 7.67. The van der Waals surface area contributed by atoms with E-state index in [9.17, 15) is 4.79 Å². The molecule has 28 heavy (non-hydrogen) atoms. The van der Waals surface area contributed by atoms with Crippen molar-refractivity contribution in [3.05, 3.63) is 42.2 Å². The molecule has 2 fully saturated rings.